The monoisotopic (exact) mass is 357 g/mol. The van der Waals surface area contributed by atoms with Crippen LogP contribution in [0.25, 0.3) is 6.08 Å². The second-order valence-electron chi connectivity index (χ2n) is 5.76. The van der Waals surface area contributed by atoms with E-state index in [4.69, 9.17) is 5.11 Å². The lowest BCUT2D eigenvalue weighted by Crippen LogP contribution is -2.36. The van der Waals surface area contributed by atoms with Crippen LogP contribution in [0.5, 0.6) is 0 Å². The van der Waals surface area contributed by atoms with Crippen LogP contribution in [0.4, 0.5) is 18.0 Å². The van der Waals surface area contributed by atoms with Crippen LogP contribution in [0.3, 0.4) is 0 Å². The molecule has 1 aromatic rings. The number of rotatable bonds is 3. The fourth-order valence-electron chi connectivity index (χ4n) is 2.73. The molecule has 1 N–H and O–H groups in total. The lowest BCUT2D eigenvalue weighted by Gasteiger charge is -2.28. The van der Waals surface area contributed by atoms with Gasteiger partial charge in [0, 0.05) is 13.1 Å². The van der Waals surface area contributed by atoms with Gasteiger partial charge in [0.15, 0.2) is 0 Å². The zero-order valence-corrected chi connectivity index (χ0v) is 13.5. The highest BCUT2D eigenvalue weighted by Crippen LogP contribution is 2.33. The zero-order chi connectivity index (χ0) is 18.6. The van der Waals surface area contributed by atoms with Gasteiger partial charge in [-0.05, 0) is 42.5 Å². The number of amides is 1. The molecule has 0 saturated carbocycles. The van der Waals surface area contributed by atoms with Crippen LogP contribution in [-0.4, -0.2) is 42.3 Å². The molecular weight excluding hydrogens is 339 g/mol. The SMILES string of the molecule is COC(=O)c1ccc(C(F)(F)F)c(/C=C/C2CCN(C(=O)O)CC2)c1. The topological polar surface area (TPSA) is 66.8 Å². The van der Waals surface area contributed by atoms with Gasteiger partial charge in [-0.3, -0.25) is 0 Å². The minimum absolute atomic E-state index is 0.0153. The molecule has 1 saturated heterocycles. The Kier molecular flexibility index (Phi) is 5.71. The van der Waals surface area contributed by atoms with Gasteiger partial charge < -0.3 is 14.7 Å². The van der Waals surface area contributed by atoms with E-state index in [2.05, 4.69) is 4.74 Å². The Labute approximate surface area is 142 Å². The van der Waals surface area contributed by atoms with Gasteiger partial charge in [0.2, 0.25) is 0 Å². The molecule has 1 aliphatic rings. The number of nitrogens with zero attached hydrogens (tertiary/aromatic N) is 1. The number of hydrogen-bond donors (Lipinski definition) is 1. The van der Waals surface area contributed by atoms with Gasteiger partial charge in [-0.2, -0.15) is 13.2 Å². The molecular formula is C17H18F3NO4. The minimum Gasteiger partial charge on any atom is -0.465 e. The van der Waals surface area contributed by atoms with Crippen LogP contribution in [0.1, 0.15) is 34.3 Å². The van der Waals surface area contributed by atoms with Crippen molar-refractivity contribution in [3.63, 3.8) is 0 Å². The molecule has 0 spiro atoms. The number of piperidine rings is 1. The second-order valence-corrected chi connectivity index (χ2v) is 5.76. The molecule has 0 unspecified atom stereocenters. The first-order valence-electron chi connectivity index (χ1n) is 7.68. The van der Waals surface area contributed by atoms with Gasteiger partial charge in [-0.25, -0.2) is 9.59 Å². The summed E-state index contributed by atoms with van der Waals surface area (Å²) in [5, 5.41) is 8.90. The maximum atomic E-state index is 13.1. The molecule has 1 heterocycles. The van der Waals surface area contributed by atoms with Gasteiger partial charge in [0.25, 0.3) is 0 Å². The first-order chi connectivity index (χ1) is 11.7. The molecule has 0 atom stereocenters. The number of ether oxygens (including phenoxy) is 1. The summed E-state index contributed by atoms with van der Waals surface area (Å²) in [4.78, 5) is 23.7. The average molecular weight is 357 g/mol. The molecule has 0 bridgehead atoms. The summed E-state index contributed by atoms with van der Waals surface area (Å²) in [5.41, 5.74) is -0.911. The molecule has 0 aromatic heterocycles. The lowest BCUT2D eigenvalue weighted by molar-refractivity contribution is -0.137. The van der Waals surface area contributed by atoms with E-state index < -0.39 is 23.8 Å². The van der Waals surface area contributed by atoms with Gasteiger partial charge >= 0.3 is 18.2 Å². The molecule has 1 aromatic carbocycles. The summed E-state index contributed by atoms with van der Waals surface area (Å²) in [6.07, 6.45) is -1.46. The largest absolute Gasteiger partial charge is 0.465 e. The molecule has 2 rings (SSSR count). The van der Waals surface area contributed by atoms with E-state index in [9.17, 15) is 22.8 Å². The number of allylic oxidation sites excluding steroid dienone is 1. The van der Waals surface area contributed by atoms with E-state index in [0.717, 1.165) is 25.3 Å². The number of carbonyl (C=O) groups is 2. The summed E-state index contributed by atoms with van der Waals surface area (Å²) in [5.74, 6) is -0.725. The van der Waals surface area contributed by atoms with Gasteiger partial charge in [0.1, 0.15) is 0 Å². The lowest BCUT2D eigenvalue weighted by atomic mass is 9.94. The van der Waals surface area contributed by atoms with Gasteiger partial charge in [-0.1, -0.05) is 12.2 Å². The minimum atomic E-state index is -4.54. The molecule has 1 aliphatic heterocycles. The van der Waals surface area contributed by atoms with Crippen LogP contribution < -0.4 is 0 Å². The van der Waals surface area contributed by atoms with E-state index in [-0.39, 0.29) is 17.0 Å². The molecule has 8 heteroatoms. The van der Waals surface area contributed by atoms with Crippen molar-refractivity contribution in [1.82, 2.24) is 4.90 Å². The quantitative estimate of drug-likeness (QED) is 0.834. The third-order valence-corrected chi connectivity index (χ3v) is 4.14. The van der Waals surface area contributed by atoms with Crippen molar-refractivity contribution in [1.29, 1.82) is 0 Å². The van der Waals surface area contributed by atoms with Crippen LogP contribution in [0.2, 0.25) is 0 Å². The smallest absolute Gasteiger partial charge is 0.416 e. The highest BCUT2D eigenvalue weighted by molar-refractivity contribution is 5.90. The highest BCUT2D eigenvalue weighted by atomic mass is 19.4. The molecule has 0 aliphatic carbocycles. The highest BCUT2D eigenvalue weighted by Gasteiger charge is 2.33. The van der Waals surface area contributed by atoms with Crippen LogP contribution in [0.15, 0.2) is 24.3 Å². The average Bonchev–Trinajstić information content (AvgIpc) is 2.58. The number of methoxy groups -OCH3 is 1. The normalized spacial score (nSPS) is 16.2. The number of benzene rings is 1. The van der Waals surface area contributed by atoms with E-state index in [0.29, 0.717) is 25.9 Å². The van der Waals surface area contributed by atoms with E-state index in [1.165, 1.54) is 11.0 Å². The fraction of sp³-hybridized carbons (Fsp3) is 0.412. The Hall–Kier alpha value is -2.51. The van der Waals surface area contributed by atoms with E-state index >= 15 is 0 Å². The number of esters is 1. The fourth-order valence-corrected chi connectivity index (χ4v) is 2.73. The summed E-state index contributed by atoms with van der Waals surface area (Å²) in [7, 11) is 1.16. The summed E-state index contributed by atoms with van der Waals surface area (Å²) in [6, 6.07) is 3.09. The third-order valence-electron chi connectivity index (χ3n) is 4.14. The Balaban J connectivity index is 2.21. The number of alkyl halides is 3. The second kappa shape index (κ2) is 7.58. The number of carboxylic acid groups (broad SMARTS) is 1. The van der Waals surface area contributed by atoms with Crippen molar-refractivity contribution in [2.75, 3.05) is 20.2 Å². The van der Waals surface area contributed by atoms with E-state index in [1.54, 1.807) is 6.08 Å². The van der Waals surface area contributed by atoms with Crippen molar-refractivity contribution in [2.24, 2.45) is 5.92 Å². The molecule has 25 heavy (non-hydrogen) atoms. The van der Waals surface area contributed by atoms with E-state index in [1.807, 2.05) is 0 Å². The van der Waals surface area contributed by atoms with Crippen molar-refractivity contribution in [2.45, 2.75) is 19.0 Å². The van der Waals surface area contributed by atoms with Gasteiger partial charge in [-0.15, -0.1) is 0 Å². The maximum Gasteiger partial charge on any atom is 0.416 e. The molecule has 1 amide bonds. The van der Waals surface area contributed by atoms with Crippen LogP contribution in [0, 0.1) is 5.92 Å². The predicted molar refractivity (Wildman–Crippen MR) is 84.1 cm³/mol. The van der Waals surface area contributed by atoms with Gasteiger partial charge in [0.05, 0.1) is 18.2 Å². The van der Waals surface area contributed by atoms with Crippen molar-refractivity contribution in [3.8, 4) is 0 Å². The molecule has 136 valence electrons. The number of hydrogen-bond acceptors (Lipinski definition) is 3. The van der Waals surface area contributed by atoms with Crippen molar-refractivity contribution in [3.05, 3.63) is 41.0 Å². The maximum absolute atomic E-state index is 13.1. The van der Waals surface area contributed by atoms with Crippen LogP contribution >= 0.6 is 0 Å². The zero-order valence-electron chi connectivity index (χ0n) is 13.5. The first kappa shape index (κ1) is 18.8. The Morgan fingerprint density at radius 2 is 1.92 bits per heavy atom. The summed E-state index contributed by atoms with van der Waals surface area (Å²) in [6.45, 7) is 0.692. The molecule has 0 radical (unpaired) electrons. The van der Waals surface area contributed by atoms with Crippen molar-refractivity contribution >= 4 is 18.1 Å². The van der Waals surface area contributed by atoms with Crippen molar-refractivity contribution < 1.29 is 32.6 Å². The third kappa shape index (κ3) is 4.74. The predicted octanol–water partition coefficient (Wildman–Crippen LogP) is 3.90. The Bertz CT molecular complexity index is 677. The Morgan fingerprint density at radius 1 is 1.28 bits per heavy atom. The molecule has 5 nitrogen and oxygen atoms in total. The summed E-state index contributed by atoms with van der Waals surface area (Å²) >= 11 is 0. The number of halogens is 3. The first-order valence-corrected chi connectivity index (χ1v) is 7.68. The number of likely N-dealkylation sites (tertiary alicyclic amines) is 1. The summed E-state index contributed by atoms with van der Waals surface area (Å²) < 4.78 is 44.0. The number of carbonyl (C=O) groups excluding carboxylic acids is 1. The standard InChI is InChI=1S/C17H18F3NO4/c1-25-15(22)13-4-5-14(17(18,19)20)12(10-13)3-2-11-6-8-21(9-7-11)16(23)24/h2-5,10-11H,6-9H2,1H3,(H,23,24)/b3-2+. The molecule has 1 fully saturated rings. The van der Waals surface area contributed by atoms with Crippen LogP contribution in [-0.2, 0) is 10.9 Å². The Morgan fingerprint density at radius 3 is 2.44 bits per heavy atom.